The van der Waals surface area contributed by atoms with Crippen molar-refractivity contribution in [1.82, 2.24) is 16.0 Å². The van der Waals surface area contributed by atoms with Crippen LogP contribution in [0.15, 0.2) is 53.5 Å². The molecule has 2 aromatic rings. The van der Waals surface area contributed by atoms with Crippen LogP contribution in [-0.2, 0) is 16.6 Å². The Morgan fingerprint density at radius 3 is 2.58 bits per heavy atom. The fourth-order valence-electron chi connectivity index (χ4n) is 4.03. The number of rotatable bonds is 8. The third kappa shape index (κ3) is 7.67. The molecular formula is C25H34FIN4O2. The molecule has 0 atom stereocenters. The molecule has 1 aliphatic heterocycles. The topological polar surface area (TPSA) is 74.8 Å². The van der Waals surface area contributed by atoms with Gasteiger partial charge in [-0.1, -0.05) is 24.3 Å². The summed E-state index contributed by atoms with van der Waals surface area (Å²) in [7, 11) is 1.63. The number of halogens is 2. The monoisotopic (exact) mass is 568 g/mol. The first-order valence-electron chi connectivity index (χ1n) is 11.2. The Balaban J connectivity index is 0.00000385. The number of carbonyl (C=O) groups is 1. The second-order valence-electron chi connectivity index (χ2n) is 8.05. The minimum Gasteiger partial charge on any atom is -0.381 e. The Hall–Kier alpha value is -2.20. The standard InChI is InChI=1S/C25H33FN4O2.HI/c1-3-28-24(29-13-10-19-6-4-7-20(16-19)23(31)27-2)30-18-25(11-14-32-15-12-25)21-8-5-9-22(26)17-21;/h4-9,16-17H,3,10-15,18H2,1-2H3,(H,27,31)(H2,28,29,30);1H. The zero-order valence-electron chi connectivity index (χ0n) is 19.3. The van der Waals surface area contributed by atoms with Gasteiger partial charge >= 0.3 is 0 Å². The van der Waals surface area contributed by atoms with E-state index in [1.807, 2.05) is 31.2 Å². The summed E-state index contributed by atoms with van der Waals surface area (Å²) >= 11 is 0. The van der Waals surface area contributed by atoms with E-state index in [1.165, 1.54) is 6.07 Å². The molecule has 180 valence electrons. The quantitative estimate of drug-likeness (QED) is 0.258. The Labute approximate surface area is 212 Å². The molecule has 2 aromatic carbocycles. The normalized spacial score (nSPS) is 15.3. The van der Waals surface area contributed by atoms with Gasteiger partial charge in [-0.15, -0.1) is 24.0 Å². The summed E-state index contributed by atoms with van der Waals surface area (Å²) in [4.78, 5) is 16.7. The third-order valence-corrected chi connectivity index (χ3v) is 5.89. The Morgan fingerprint density at radius 1 is 1.12 bits per heavy atom. The van der Waals surface area contributed by atoms with Gasteiger partial charge in [-0.2, -0.15) is 0 Å². The van der Waals surface area contributed by atoms with Crippen LogP contribution in [0.2, 0.25) is 0 Å². The lowest BCUT2D eigenvalue weighted by Gasteiger charge is -2.36. The van der Waals surface area contributed by atoms with E-state index < -0.39 is 0 Å². The van der Waals surface area contributed by atoms with Crippen LogP contribution in [0.5, 0.6) is 0 Å². The summed E-state index contributed by atoms with van der Waals surface area (Å²) < 4.78 is 19.5. The molecule has 33 heavy (non-hydrogen) atoms. The lowest BCUT2D eigenvalue weighted by Crippen LogP contribution is -2.41. The number of nitrogens with zero attached hydrogens (tertiary/aromatic N) is 1. The van der Waals surface area contributed by atoms with E-state index in [4.69, 9.17) is 9.73 Å². The minimum atomic E-state index is -0.232. The summed E-state index contributed by atoms with van der Waals surface area (Å²) in [5.41, 5.74) is 2.48. The largest absolute Gasteiger partial charge is 0.381 e. The first-order chi connectivity index (χ1) is 15.6. The zero-order valence-corrected chi connectivity index (χ0v) is 21.7. The summed E-state index contributed by atoms with van der Waals surface area (Å²) in [6.45, 7) is 5.31. The van der Waals surface area contributed by atoms with Crippen LogP contribution in [0, 0.1) is 5.82 Å². The summed E-state index contributed by atoms with van der Waals surface area (Å²) in [5, 5.41) is 9.33. The lowest BCUT2D eigenvalue weighted by molar-refractivity contribution is 0.0530. The Bertz CT molecular complexity index is 932. The third-order valence-electron chi connectivity index (χ3n) is 5.89. The highest BCUT2D eigenvalue weighted by Gasteiger charge is 2.34. The van der Waals surface area contributed by atoms with Crippen molar-refractivity contribution in [3.63, 3.8) is 0 Å². The van der Waals surface area contributed by atoms with Crippen LogP contribution in [0.1, 0.15) is 41.3 Å². The zero-order chi connectivity index (χ0) is 22.8. The van der Waals surface area contributed by atoms with E-state index in [9.17, 15) is 9.18 Å². The first-order valence-corrected chi connectivity index (χ1v) is 11.2. The van der Waals surface area contributed by atoms with E-state index >= 15 is 0 Å². The van der Waals surface area contributed by atoms with Crippen LogP contribution < -0.4 is 16.0 Å². The maximum atomic E-state index is 13.9. The van der Waals surface area contributed by atoms with E-state index in [-0.39, 0.29) is 41.1 Å². The van der Waals surface area contributed by atoms with Gasteiger partial charge in [0.2, 0.25) is 0 Å². The van der Waals surface area contributed by atoms with E-state index in [0.29, 0.717) is 31.9 Å². The Morgan fingerprint density at radius 2 is 1.88 bits per heavy atom. The van der Waals surface area contributed by atoms with E-state index in [2.05, 4.69) is 16.0 Å². The van der Waals surface area contributed by atoms with Crippen LogP contribution in [0.25, 0.3) is 0 Å². The number of nitrogens with one attached hydrogen (secondary N) is 3. The molecule has 1 heterocycles. The number of amides is 1. The van der Waals surface area contributed by atoms with Crippen molar-refractivity contribution in [2.24, 2.45) is 4.99 Å². The van der Waals surface area contributed by atoms with E-state index in [0.717, 1.165) is 42.9 Å². The number of hydrogen-bond donors (Lipinski definition) is 3. The second kappa shape index (κ2) is 13.5. The molecule has 0 bridgehead atoms. The number of benzene rings is 2. The molecule has 1 fully saturated rings. The summed E-state index contributed by atoms with van der Waals surface area (Å²) in [5.74, 6) is 0.424. The van der Waals surface area contributed by atoms with Crippen molar-refractivity contribution in [3.05, 3.63) is 71.0 Å². The van der Waals surface area contributed by atoms with Gasteiger partial charge in [0.15, 0.2) is 5.96 Å². The van der Waals surface area contributed by atoms with Gasteiger partial charge in [-0.3, -0.25) is 9.79 Å². The highest BCUT2D eigenvalue weighted by Crippen LogP contribution is 2.35. The molecule has 0 aliphatic carbocycles. The maximum absolute atomic E-state index is 13.9. The van der Waals surface area contributed by atoms with Gasteiger partial charge in [0.25, 0.3) is 5.91 Å². The molecule has 3 N–H and O–H groups in total. The number of aliphatic imine (C=N–C) groups is 1. The second-order valence-corrected chi connectivity index (χ2v) is 8.05. The summed E-state index contributed by atoms with van der Waals surface area (Å²) in [6, 6.07) is 14.5. The van der Waals surface area contributed by atoms with Crippen molar-refractivity contribution in [2.45, 2.75) is 31.6 Å². The Kier molecular flexibility index (Phi) is 11.1. The SMILES string of the molecule is CCNC(=NCC1(c2cccc(F)c2)CCOCC1)NCCc1cccc(C(=O)NC)c1.I. The minimum absolute atomic E-state index is 0. The molecule has 1 amide bonds. The van der Waals surface area contributed by atoms with Crippen molar-refractivity contribution < 1.29 is 13.9 Å². The van der Waals surface area contributed by atoms with Gasteiger partial charge in [0, 0.05) is 44.3 Å². The molecule has 0 saturated carbocycles. The fraction of sp³-hybridized carbons (Fsp3) is 0.440. The number of hydrogen-bond acceptors (Lipinski definition) is 3. The average molecular weight is 568 g/mol. The molecule has 0 spiro atoms. The van der Waals surface area contributed by atoms with Crippen molar-refractivity contribution in [3.8, 4) is 0 Å². The smallest absolute Gasteiger partial charge is 0.251 e. The number of guanidine groups is 1. The van der Waals surface area contributed by atoms with Crippen molar-refractivity contribution >= 4 is 35.8 Å². The van der Waals surface area contributed by atoms with Gasteiger partial charge in [0.05, 0.1) is 6.54 Å². The first kappa shape index (κ1) is 27.0. The molecule has 0 aromatic heterocycles. The molecular weight excluding hydrogens is 534 g/mol. The highest BCUT2D eigenvalue weighted by molar-refractivity contribution is 14.0. The van der Waals surface area contributed by atoms with Gasteiger partial charge in [-0.25, -0.2) is 4.39 Å². The van der Waals surface area contributed by atoms with Crippen LogP contribution in [0.4, 0.5) is 4.39 Å². The predicted octanol–water partition coefficient (Wildman–Crippen LogP) is 3.65. The molecule has 3 rings (SSSR count). The van der Waals surface area contributed by atoms with Gasteiger partial charge in [-0.05, 0) is 61.6 Å². The predicted molar refractivity (Wildman–Crippen MR) is 141 cm³/mol. The summed E-state index contributed by atoms with van der Waals surface area (Å²) in [6.07, 6.45) is 2.38. The van der Waals surface area contributed by atoms with Crippen LogP contribution in [-0.4, -0.2) is 51.8 Å². The number of carbonyl (C=O) groups excluding carboxylic acids is 1. The average Bonchev–Trinajstić information content (AvgIpc) is 2.83. The number of ether oxygens (including phenoxy) is 1. The van der Waals surface area contributed by atoms with Crippen LogP contribution >= 0.6 is 24.0 Å². The van der Waals surface area contributed by atoms with Gasteiger partial charge < -0.3 is 20.7 Å². The lowest BCUT2D eigenvalue weighted by atomic mass is 9.74. The van der Waals surface area contributed by atoms with Gasteiger partial charge in [0.1, 0.15) is 5.82 Å². The van der Waals surface area contributed by atoms with Crippen molar-refractivity contribution in [2.75, 3.05) is 39.9 Å². The molecule has 8 heteroatoms. The van der Waals surface area contributed by atoms with Crippen molar-refractivity contribution in [1.29, 1.82) is 0 Å². The fourth-order valence-corrected chi connectivity index (χ4v) is 4.03. The molecule has 6 nitrogen and oxygen atoms in total. The molecule has 1 aliphatic rings. The molecule has 0 radical (unpaired) electrons. The molecule has 1 saturated heterocycles. The van der Waals surface area contributed by atoms with E-state index in [1.54, 1.807) is 25.2 Å². The van der Waals surface area contributed by atoms with Crippen LogP contribution in [0.3, 0.4) is 0 Å². The molecule has 0 unspecified atom stereocenters. The highest BCUT2D eigenvalue weighted by atomic mass is 127. The maximum Gasteiger partial charge on any atom is 0.251 e.